The number of rotatable bonds is 5. The fourth-order valence-electron chi connectivity index (χ4n) is 1.96. The third-order valence-corrected chi connectivity index (χ3v) is 3.97. The van der Waals surface area contributed by atoms with Gasteiger partial charge in [0.2, 0.25) is 0 Å². The van der Waals surface area contributed by atoms with Crippen molar-refractivity contribution >= 4 is 11.8 Å². The lowest BCUT2D eigenvalue weighted by atomic mass is 9.92. The first-order valence-corrected chi connectivity index (χ1v) is 6.81. The molecule has 1 fully saturated rings. The van der Waals surface area contributed by atoms with Crippen molar-refractivity contribution in [1.29, 1.82) is 0 Å². The van der Waals surface area contributed by atoms with Crippen molar-refractivity contribution < 1.29 is 0 Å². The largest absolute Gasteiger partial charge is 0.328 e. The highest BCUT2D eigenvalue weighted by atomic mass is 32.2. The van der Waals surface area contributed by atoms with Gasteiger partial charge >= 0.3 is 0 Å². The van der Waals surface area contributed by atoms with Crippen molar-refractivity contribution in [3.8, 4) is 0 Å². The van der Waals surface area contributed by atoms with E-state index < -0.39 is 0 Å². The number of nitrogens with two attached hydrogens (primary N) is 1. The summed E-state index contributed by atoms with van der Waals surface area (Å²) >= 11 is 2.09. The minimum absolute atomic E-state index is 0.403. The minimum atomic E-state index is 0.403. The predicted octanol–water partition coefficient (Wildman–Crippen LogP) is 3.20. The van der Waals surface area contributed by atoms with Crippen LogP contribution in [0.3, 0.4) is 0 Å². The molecule has 1 unspecified atom stereocenters. The van der Waals surface area contributed by atoms with Gasteiger partial charge in [-0.05, 0) is 56.5 Å². The van der Waals surface area contributed by atoms with Crippen molar-refractivity contribution in [3.63, 3.8) is 0 Å². The molecule has 0 aromatic rings. The van der Waals surface area contributed by atoms with Gasteiger partial charge in [0.25, 0.3) is 0 Å². The van der Waals surface area contributed by atoms with Crippen LogP contribution in [0.25, 0.3) is 0 Å². The van der Waals surface area contributed by atoms with Crippen LogP contribution in [0.1, 0.15) is 39.0 Å². The first-order valence-electron chi connectivity index (χ1n) is 5.66. The molecule has 2 N–H and O–H groups in total. The third kappa shape index (κ3) is 5.06. The molecule has 14 heavy (non-hydrogen) atoms. The molecule has 82 valence electrons. The molecule has 1 rings (SSSR count). The van der Waals surface area contributed by atoms with Crippen molar-refractivity contribution in [3.05, 3.63) is 12.2 Å². The summed E-state index contributed by atoms with van der Waals surface area (Å²) in [5.41, 5.74) is 7.37. The van der Waals surface area contributed by atoms with Crippen LogP contribution in [0.15, 0.2) is 12.2 Å². The van der Waals surface area contributed by atoms with Crippen LogP contribution >= 0.6 is 11.8 Å². The summed E-state index contributed by atoms with van der Waals surface area (Å²) in [5.74, 6) is 3.59. The van der Waals surface area contributed by atoms with E-state index in [1.54, 1.807) is 0 Å². The molecule has 0 amide bonds. The molecular formula is C12H23NS. The number of allylic oxidation sites excluding steroid dienone is 1. The Morgan fingerprint density at radius 2 is 2.14 bits per heavy atom. The normalized spacial score (nSPS) is 20.7. The zero-order valence-corrected chi connectivity index (χ0v) is 10.1. The van der Waals surface area contributed by atoms with Gasteiger partial charge in [-0.15, -0.1) is 6.58 Å². The van der Waals surface area contributed by atoms with E-state index in [-0.39, 0.29) is 0 Å². The topological polar surface area (TPSA) is 26.0 Å². The summed E-state index contributed by atoms with van der Waals surface area (Å²) in [4.78, 5) is 0. The molecule has 0 radical (unpaired) electrons. The van der Waals surface area contributed by atoms with Gasteiger partial charge in [-0.1, -0.05) is 5.57 Å². The minimum Gasteiger partial charge on any atom is -0.328 e. The molecule has 0 aromatic carbocycles. The fourth-order valence-corrected chi connectivity index (χ4v) is 3.16. The van der Waals surface area contributed by atoms with Crippen molar-refractivity contribution in [2.45, 2.75) is 45.1 Å². The van der Waals surface area contributed by atoms with Gasteiger partial charge in [-0.2, -0.15) is 11.8 Å². The van der Waals surface area contributed by atoms with Crippen LogP contribution in [-0.4, -0.2) is 17.5 Å². The molecule has 1 aliphatic heterocycles. The summed E-state index contributed by atoms with van der Waals surface area (Å²) in [6.07, 6.45) is 6.21. The highest BCUT2D eigenvalue weighted by molar-refractivity contribution is 7.99. The second-order valence-electron chi connectivity index (χ2n) is 4.55. The molecule has 0 aliphatic carbocycles. The lowest BCUT2D eigenvalue weighted by Gasteiger charge is -2.24. The van der Waals surface area contributed by atoms with E-state index in [2.05, 4.69) is 25.3 Å². The summed E-state index contributed by atoms with van der Waals surface area (Å²) in [7, 11) is 0. The van der Waals surface area contributed by atoms with E-state index in [4.69, 9.17) is 5.73 Å². The molecule has 2 heteroatoms. The Labute approximate surface area is 92.5 Å². The van der Waals surface area contributed by atoms with Crippen LogP contribution in [-0.2, 0) is 0 Å². The van der Waals surface area contributed by atoms with Gasteiger partial charge in [0.15, 0.2) is 0 Å². The average Bonchev–Trinajstić information content (AvgIpc) is 2.16. The molecule has 0 spiro atoms. The first kappa shape index (κ1) is 12.1. The van der Waals surface area contributed by atoms with Crippen molar-refractivity contribution in [2.75, 3.05) is 11.5 Å². The number of thioether (sulfide) groups is 1. The molecule has 1 aliphatic rings. The van der Waals surface area contributed by atoms with Crippen molar-refractivity contribution in [2.24, 2.45) is 11.7 Å². The maximum atomic E-state index is 6.10. The van der Waals surface area contributed by atoms with Gasteiger partial charge in [0.1, 0.15) is 0 Å². The summed E-state index contributed by atoms with van der Waals surface area (Å²) in [5, 5.41) is 0. The third-order valence-electron chi connectivity index (χ3n) is 2.92. The molecular weight excluding hydrogens is 190 g/mol. The summed E-state index contributed by atoms with van der Waals surface area (Å²) in [6, 6.07) is 0.403. The highest BCUT2D eigenvalue weighted by Crippen LogP contribution is 2.26. The van der Waals surface area contributed by atoms with E-state index in [9.17, 15) is 0 Å². The van der Waals surface area contributed by atoms with Crippen LogP contribution in [0.2, 0.25) is 0 Å². The Bertz CT molecular complexity index is 173. The highest BCUT2D eigenvalue weighted by Gasteiger charge is 2.16. The number of hydrogen-bond donors (Lipinski definition) is 1. The maximum Gasteiger partial charge on any atom is 0.00445 e. The Hall–Kier alpha value is 0.0500. The zero-order chi connectivity index (χ0) is 10.4. The van der Waals surface area contributed by atoms with E-state index in [0.29, 0.717) is 6.04 Å². The molecule has 1 heterocycles. The Morgan fingerprint density at radius 1 is 1.50 bits per heavy atom. The maximum absolute atomic E-state index is 6.10. The predicted molar refractivity (Wildman–Crippen MR) is 66.7 cm³/mol. The zero-order valence-electron chi connectivity index (χ0n) is 9.30. The quantitative estimate of drug-likeness (QED) is 0.710. The Kier molecular flexibility index (Phi) is 5.64. The van der Waals surface area contributed by atoms with E-state index in [1.165, 1.54) is 36.3 Å². The SMILES string of the molecule is C=C(C)CCC(N)CC1CCSCC1. The van der Waals surface area contributed by atoms with Gasteiger partial charge in [0.05, 0.1) is 0 Å². The first-order chi connectivity index (χ1) is 6.68. The molecule has 1 nitrogen and oxygen atoms in total. The molecule has 1 atom stereocenters. The van der Waals surface area contributed by atoms with Crippen LogP contribution in [0.4, 0.5) is 0 Å². The molecule has 1 saturated heterocycles. The van der Waals surface area contributed by atoms with Crippen molar-refractivity contribution in [1.82, 2.24) is 0 Å². The lowest BCUT2D eigenvalue weighted by molar-refractivity contribution is 0.396. The van der Waals surface area contributed by atoms with Gasteiger partial charge in [-0.3, -0.25) is 0 Å². The van der Waals surface area contributed by atoms with Gasteiger partial charge in [0, 0.05) is 6.04 Å². The standard InChI is InChI=1S/C12H23NS/c1-10(2)3-4-12(13)9-11-5-7-14-8-6-11/h11-12H,1,3-9,13H2,2H3. The van der Waals surface area contributed by atoms with Crippen LogP contribution in [0, 0.1) is 5.92 Å². The fraction of sp³-hybridized carbons (Fsp3) is 0.833. The molecule has 0 saturated carbocycles. The Morgan fingerprint density at radius 3 is 2.71 bits per heavy atom. The van der Waals surface area contributed by atoms with E-state index >= 15 is 0 Å². The monoisotopic (exact) mass is 213 g/mol. The Balaban J connectivity index is 2.11. The average molecular weight is 213 g/mol. The van der Waals surface area contributed by atoms with Crippen LogP contribution in [0.5, 0.6) is 0 Å². The van der Waals surface area contributed by atoms with Gasteiger partial charge < -0.3 is 5.73 Å². The van der Waals surface area contributed by atoms with Crippen LogP contribution < -0.4 is 5.73 Å². The molecule has 0 aromatic heterocycles. The lowest BCUT2D eigenvalue weighted by Crippen LogP contribution is -2.25. The number of hydrogen-bond acceptors (Lipinski definition) is 2. The second-order valence-corrected chi connectivity index (χ2v) is 5.77. The smallest absolute Gasteiger partial charge is 0.00445 e. The second kappa shape index (κ2) is 6.52. The van der Waals surface area contributed by atoms with E-state index in [1.807, 2.05) is 0 Å². The van der Waals surface area contributed by atoms with E-state index in [0.717, 1.165) is 18.8 Å². The molecule has 0 bridgehead atoms. The summed E-state index contributed by atoms with van der Waals surface area (Å²) in [6.45, 7) is 6.00. The van der Waals surface area contributed by atoms with Gasteiger partial charge in [-0.25, -0.2) is 0 Å². The summed E-state index contributed by atoms with van der Waals surface area (Å²) < 4.78 is 0.